The van der Waals surface area contributed by atoms with E-state index >= 15 is 0 Å². The van der Waals surface area contributed by atoms with Crippen molar-refractivity contribution in [2.45, 2.75) is 55.4 Å². The molecule has 0 spiro atoms. The van der Waals surface area contributed by atoms with Gasteiger partial charge in [-0.05, 0) is 68.2 Å². The van der Waals surface area contributed by atoms with E-state index in [1.54, 1.807) is 18.2 Å². The standard InChI is InChI=1S/C17H23NO3S/c19-17(10-4-1-5-11-17)13-18-22(20,21)16-9-8-14-6-2-3-7-15(14)12-16/h4,8-10,12,18-19H,1-3,5-7,11,13H2. The average Bonchev–Trinajstić information content (AvgIpc) is 2.53. The van der Waals surface area contributed by atoms with Gasteiger partial charge in [-0.2, -0.15) is 0 Å². The molecule has 2 aliphatic carbocycles. The highest BCUT2D eigenvalue weighted by Crippen LogP contribution is 2.25. The van der Waals surface area contributed by atoms with Gasteiger partial charge in [-0.15, -0.1) is 0 Å². The van der Waals surface area contributed by atoms with Crippen molar-refractivity contribution in [2.24, 2.45) is 0 Å². The van der Waals surface area contributed by atoms with Crippen molar-refractivity contribution in [3.8, 4) is 0 Å². The monoisotopic (exact) mass is 321 g/mol. The summed E-state index contributed by atoms with van der Waals surface area (Å²) in [6.45, 7) is 0.0307. The predicted octanol–water partition coefficient (Wildman–Crippen LogP) is 2.31. The third kappa shape index (κ3) is 3.42. The first-order chi connectivity index (χ1) is 10.5. The van der Waals surface area contributed by atoms with Crippen LogP contribution in [0.2, 0.25) is 0 Å². The quantitative estimate of drug-likeness (QED) is 0.836. The fourth-order valence-corrected chi connectivity index (χ4v) is 4.39. The highest BCUT2D eigenvalue weighted by atomic mass is 32.2. The van der Waals surface area contributed by atoms with Crippen molar-refractivity contribution in [3.63, 3.8) is 0 Å². The van der Waals surface area contributed by atoms with Crippen molar-refractivity contribution in [2.75, 3.05) is 6.54 Å². The second-order valence-electron chi connectivity index (χ2n) is 6.36. The van der Waals surface area contributed by atoms with E-state index in [0.717, 1.165) is 37.7 Å². The van der Waals surface area contributed by atoms with Gasteiger partial charge in [0.2, 0.25) is 10.0 Å². The molecule has 0 aromatic heterocycles. The minimum Gasteiger partial charge on any atom is -0.384 e. The van der Waals surface area contributed by atoms with Gasteiger partial charge < -0.3 is 5.11 Å². The molecule has 4 nitrogen and oxygen atoms in total. The van der Waals surface area contributed by atoms with Crippen LogP contribution in [0.25, 0.3) is 0 Å². The van der Waals surface area contributed by atoms with Gasteiger partial charge in [-0.25, -0.2) is 13.1 Å². The van der Waals surface area contributed by atoms with E-state index in [1.807, 2.05) is 12.1 Å². The van der Waals surface area contributed by atoms with Crippen LogP contribution < -0.4 is 4.72 Å². The van der Waals surface area contributed by atoms with Crippen molar-refractivity contribution in [3.05, 3.63) is 41.5 Å². The maximum absolute atomic E-state index is 12.5. The Balaban J connectivity index is 1.75. The Morgan fingerprint density at radius 2 is 1.91 bits per heavy atom. The number of rotatable bonds is 4. The summed E-state index contributed by atoms with van der Waals surface area (Å²) < 4.78 is 27.5. The maximum atomic E-state index is 12.5. The molecular formula is C17H23NO3S. The van der Waals surface area contributed by atoms with Gasteiger partial charge >= 0.3 is 0 Å². The molecule has 0 fully saturated rings. The van der Waals surface area contributed by atoms with Crippen LogP contribution >= 0.6 is 0 Å². The lowest BCUT2D eigenvalue weighted by Crippen LogP contribution is -2.42. The summed E-state index contributed by atoms with van der Waals surface area (Å²) in [7, 11) is -3.58. The molecule has 0 radical (unpaired) electrons. The summed E-state index contributed by atoms with van der Waals surface area (Å²) >= 11 is 0. The average molecular weight is 321 g/mol. The molecule has 0 aliphatic heterocycles. The SMILES string of the molecule is O=S(=O)(NCC1(O)C=CCCC1)c1ccc2c(c1)CCCC2. The molecule has 120 valence electrons. The smallest absolute Gasteiger partial charge is 0.240 e. The van der Waals surface area contributed by atoms with Gasteiger partial charge in [-0.3, -0.25) is 0 Å². The molecule has 1 aromatic rings. The lowest BCUT2D eigenvalue weighted by molar-refractivity contribution is 0.0797. The molecule has 2 aliphatic rings. The number of aryl methyl sites for hydroxylation is 2. The molecule has 1 atom stereocenters. The zero-order valence-corrected chi connectivity index (χ0v) is 13.5. The van der Waals surface area contributed by atoms with E-state index in [2.05, 4.69) is 4.72 Å². The highest BCUT2D eigenvalue weighted by molar-refractivity contribution is 7.89. The predicted molar refractivity (Wildman–Crippen MR) is 86.2 cm³/mol. The third-order valence-electron chi connectivity index (χ3n) is 4.61. The number of nitrogens with one attached hydrogen (secondary N) is 1. The number of aliphatic hydroxyl groups is 1. The van der Waals surface area contributed by atoms with Crippen LogP contribution in [-0.2, 0) is 22.9 Å². The van der Waals surface area contributed by atoms with Crippen LogP contribution in [0.4, 0.5) is 0 Å². The van der Waals surface area contributed by atoms with E-state index in [-0.39, 0.29) is 6.54 Å². The summed E-state index contributed by atoms with van der Waals surface area (Å²) in [6.07, 6.45) is 10.3. The Hall–Kier alpha value is -1.17. The Morgan fingerprint density at radius 1 is 1.14 bits per heavy atom. The molecule has 5 heteroatoms. The van der Waals surface area contributed by atoms with Crippen LogP contribution in [0.3, 0.4) is 0 Å². The fraction of sp³-hybridized carbons (Fsp3) is 0.529. The molecule has 1 aromatic carbocycles. The van der Waals surface area contributed by atoms with Gasteiger partial charge in [0.15, 0.2) is 0 Å². The van der Waals surface area contributed by atoms with E-state index in [0.29, 0.717) is 11.3 Å². The molecule has 0 saturated carbocycles. The third-order valence-corrected chi connectivity index (χ3v) is 6.01. The Kier molecular flexibility index (Phi) is 4.39. The Labute approximate surface area is 132 Å². The first-order valence-corrected chi connectivity index (χ1v) is 9.48. The molecule has 22 heavy (non-hydrogen) atoms. The maximum Gasteiger partial charge on any atom is 0.240 e. The summed E-state index contributed by atoms with van der Waals surface area (Å²) in [5, 5.41) is 10.4. The lowest BCUT2D eigenvalue weighted by atomic mass is 9.91. The minimum absolute atomic E-state index is 0.0307. The van der Waals surface area contributed by atoms with E-state index in [1.165, 1.54) is 12.0 Å². The fourth-order valence-electron chi connectivity index (χ4n) is 3.24. The topological polar surface area (TPSA) is 66.4 Å². The number of allylic oxidation sites excluding steroid dienone is 1. The van der Waals surface area contributed by atoms with Crippen molar-refractivity contribution in [1.82, 2.24) is 4.72 Å². The number of benzene rings is 1. The van der Waals surface area contributed by atoms with E-state index < -0.39 is 15.6 Å². The second kappa shape index (κ2) is 6.14. The lowest BCUT2D eigenvalue weighted by Gasteiger charge is -2.27. The van der Waals surface area contributed by atoms with Gasteiger partial charge in [-0.1, -0.05) is 18.2 Å². The second-order valence-corrected chi connectivity index (χ2v) is 8.13. The molecule has 0 saturated heterocycles. The Morgan fingerprint density at radius 3 is 2.64 bits per heavy atom. The van der Waals surface area contributed by atoms with Crippen molar-refractivity contribution < 1.29 is 13.5 Å². The number of sulfonamides is 1. The first-order valence-electron chi connectivity index (χ1n) is 8.00. The molecular weight excluding hydrogens is 298 g/mol. The van der Waals surface area contributed by atoms with Crippen LogP contribution in [0.5, 0.6) is 0 Å². The largest absolute Gasteiger partial charge is 0.384 e. The van der Waals surface area contributed by atoms with Gasteiger partial charge in [0, 0.05) is 6.54 Å². The molecule has 1 unspecified atom stereocenters. The van der Waals surface area contributed by atoms with E-state index in [4.69, 9.17) is 0 Å². The normalized spacial score (nSPS) is 25.0. The molecule has 2 N–H and O–H groups in total. The zero-order chi connectivity index (χ0) is 15.6. The van der Waals surface area contributed by atoms with Crippen LogP contribution in [0, 0.1) is 0 Å². The first kappa shape index (κ1) is 15.7. The summed E-state index contributed by atoms with van der Waals surface area (Å²) in [5.41, 5.74) is 1.35. The van der Waals surface area contributed by atoms with Crippen LogP contribution in [0.1, 0.15) is 43.2 Å². The number of hydrogen-bond donors (Lipinski definition) is 2. The number of hydrogen-bond acceptors (Lipinski definition) is 3. The van der Waals surface area contributed by atoms with Crippen molar-refractivity contribution in [1.29, 1.82) is 0 Å². The van der Waals surface area contributed by atoms with Crippen LogP contribution in [-0.4, -0.2) is 25.7 Å². The van der Waals surface area contributed by atoms with Gasteiger partial charge in [0.05, 0.1) is 10.5 Å². The van der Waals surface area contributed by atoms with Gasteiger partial charge in [0.1, 0.15) is 0 Å². The summed E-state index contributed by atoms with van der Waals surface area (Å²) in [4.78, 5) is 0.302. The molecule has 3 rings (SSSR count). The minimum atomic E-state index is -3.58. The van der Waals surface area contributed by atoms with Gasteiger partial charge in [0.25, 0.3) is 0 Å². The molecule has 0 amide bonds. The van der Waals surface area contributed by atoms with Crippen LogP contribution in [0.15, 0.2) is 35.2 Å². The highest BCUT2D eigenvalue weighted by Gasteiger charge is 2.28. The molecule has 0 heterocycles. The summed E-state index contributed by atoms with van der Waals surface area (Å²) in [6, 6.07) is 5.39. The number of fused-ring (bicyclic) bond motifs is 1. The molecule has 0 bridgehead atoms. The van der Waals surface area contributed by atoms with Crippen molar-refractivity contribution >= 4 is 10.0 Å². The van der Waals surface area contributed by atoms with E-state index in [9.17, 15) is 13.5 Å². The Bertz CT molecular complexity index is 681. The summed E-state index contributed by atoms with van der Waals surface area (Å²) in [5.74, 6) is 0. The zero-order valence-electron chi connectivity index (χ0n) is 12.7.